The molecule has 0 amide bonds. The Labute approximate surface area is 102 Å². The molecule has 4 nitrogen and oxygen atoms in total. The third-order valence-electron chi connectivity index (χ3n) is 2.80. The lowest BCUT2D eigenvalue weighted by molar-refractivity contribution is 0.0203. The molecule has 0 saturated carbocycles. The summed E-state index contributed by atoms with van der Waals surface area (Å²) < 4.78 is 0. The summed E-state index contributed by atoms with van der Waals surface area (Å²) in [5.41, 5.74) is 3.56. The van der Waals surface area contributed by atoms with E-state index in [1.165, 1.54) is 0 Å². The Morgan fingerprint density at radius 1 is 1.41 bits per heavy atom. The Morgan fingerprint density at radius 2 is 2.06 bits per heavy atom. The van der Waals surface area contributed by atoms with Crippen molar-refractivity contribution in [3.63, 3.8) is 0 Å². The molecule has 17 heavy (non-hydrogen) atoms. The van der Waals surface area contributed by atoms with Gasteiger partial charge in [0, 0.05) is 13.6 Å². The highest BCUT2D eigenvalue weighted by molar-refractivity contribution is 6.06. The minimum absolute atomic E-state index is 0.150. The highest BCUT2D eigenvalue weighted by Crippen LogP contribution is 2.16. The van der Waals surface area contributed by atoms with Gasteiger partial charge in [0.05, 0.1) is 11.8 Å². The molecule has 1 aromatic rings. The lowest BCUT2D eigenvalue weighted by Crippen LogP contribution is -2.55. The van der Waals surface area contributed by atoms with E-state index in [2.05, 4.69) is 10.4 Å². The zero-order valence-electron chi connectivity index (χ0n) is 10.5. The molecular weight excluding hydrogens is 214 g/mol. The van der Waals surface area contributed by atoms with Gasteiger partial charge in [-0.05, 0) is 19.4 Å². The highest BCUT2D eigenvalue weighted by Gasteiger charge is 2.32. The van der Waals surface area contributed by atoms with Crippen LogP contribution in [0, 0.1) is 0 Å². The molecule has 1 aliphatic heterocycles. The van der Waals surface area contributed by atoms with Gasteiger partial charge < -0.3 is 5.11 Å². The number of benzene rings is 1. The normalized spacial score (nSPS) is 30.8. The Bertz CT molecular complexity index is 414. The van der Waals surface area contributed by atoms with E-state index in [9.17, 15) is 5.11 Å². The Morgan fingerprint density at radius 3 is 2.71 bits per heavy atom. The molecule has 0 bridgehead atoms. The van der Waals surface area contributed by atoms with E-state index in [1.54, 1.807) is 6.92 Å². The molecule has 0 radical (unpaired) electrons. The van der Waals surface area contributed by atoms with Crippen LogP contribution in [-0.4, -0.2) is 41.2 Å². The van der Waals surface area contributed by atoms with Crippen molar-refractivity contribution < 1.29 is 5.11 Å². The van der Waals surface area contributed by atoms with Gasteiger partial charge >= 0.3 is 0 Å². The number of rotatable bonds is 1. The summed E-state index contributed by atoms with van der Waals surface area (Å²) in [5, 5.41) is 12.4. The largest absolute Gasteiger partial charge is 0.369 e. The lowest BCUT2D eigenvalue weighted by atomic mass is 10.0. The Kier molecular flexibility index (Phi) is 3.28. The van der Waals surface area contributed by atoms with Crippen molar-refractivity contribution >= 4 is 5.71 Å². The zero-order chi connectivity index (χ0) is 12.5. The number of nitrogens with one attached hydrogen (secondary N) is 1. The predicted molar refractivity (Wildman–Crippen MR) is 68.8 cm³/mol. The fourth-order valence-electron chi connectivity index (χ4n) is 2.21. The van der Waals surface area contributed by atoms with Crippen molar-refractivity contribution in [3.05, 3.63) is 35.9 Å². The molecule has 0 fully saturated rings. The minimum Gasteiger partial charge on any atom is -0.369 e. The second-order valence-corrected chi connectivity index (χ2v) is 4.76. The number of hydrogen-bond donors (Lipinski definition) is 2. The van der Waals surface area contributed by atoms with Crippen LogP contribution in [0.1, 0.15) is 19.4 Å². The van der Waals surface area contributed by atoms with Gasteiger partial charge in [0.15, 0.2) is 5.72 Å². The number of hydrogen-bond acceptors (Lipinski definition) is 4. The lowest BCUT2D eigenvalue weighted by Gasteiger charge is -2.29. The van der Waals surface area contributed by atoms with Crippen LogP contribution < -0.4 is 5.43 Å². The van der Waals surface area contributed by atoms with Crippen molar-refractivity contribution in [2.75, 3.05) is 13.6 Å². The minimum atomic E-state index is -1.14. The van der Waals surface area contributed by atoms with Crippen LogP contribution in [0.4, 0.5) is 0 Å². The molecule has 0 saturated heterocycles. The van der Waals surface area contributed by atoms with Gasteiger partial charge in [-0.25, -0.2) is 10.4 Å². The van der Waals surface area contributed by atoms with Crippen molar-refractivity contribution in [2.45, 2.75) is 25.6 Å². The Hall–Kier alpha value is -1.23. The molecule has 2 N–H and O–H groups in total. The third kappa shape index (κ3) is 2.72. The quantitative estimate of drug-likeness (QED) is 0.761. The zero-order valence-corrected chi connectivity index (χ0v) is 10.5. The van der Waals surface area contributed by atoms with Crippen LogP contribution in [-0.2, 0) is 0 Å². The van der Waals surface area contributed by atoms with E-state index in [1.807, 2.05) is 49.3 Å². The second kappa shape index (κ2) is 4.56. The summed E-state index contributed by atoms with van der Waals surface area (Å²) in [4.78, 5) is 4.61. The van der Waals surface area contributed by atoms with Crippen LogP contribution in [0.5, 0.6) is 0 Å². The molecule has 0 aromatic heterocycles. The maximum absolute atomic E-state index is 10.5. The number of nitrogens with zero attached hydrogens (tertiary/aromatic N) is 2. The molecule has 1 aliphatic rings. The van der Waals surface area contributed by atoms with Crippen LogP contribution in [0.15, 0.2) is 35.3 Å². The van der Waals surface area contributed by atoms with E-state index in [4.69, 9.17) is 0 Å². The van der Waals surface area contributed by atoms with Gasteiger partial charge in [-0.1, -0.05) is 30.3 Å². The summed E-state index contributed by atoms with van der Waals surface area (Å²) >= 11 is 0. The molecule has 0 aliphatic carbocycles. The smallest absolute Gasteiger partial charge is 0.168 e. The van der Waals surface area contributed by atoms with Gasteiger partial charge in [-0.2, -0.15) is 0 Å². The van der Waals surface area contributed by atoms with E-state index in [0.29, 0.717) is 5.71 Å². The molecule has 2 atom stereocenters. The molecular formula is C13H19N3O. The maximum atomic E-state index is 10.5. The number of hydrazine groups is 1. The molecule has 0 spiro atoms. The van der Waals surface area contributed by atoms with E-state index < -0.39 is 5.72 Å². The summed E-state index contributed by atoms with van der Waals surface area (Å²) in [7, 11) is 1.91. The van der Waals surface area contributed by atoms with E-state index >= 15 is 0 Å². The first-order valence-electron chi connectivity index (χ1n) is 5.84. The van der Waals surface area contributed by atoms with E-state index in [-0.39, 0.29) is 6.04 Å². The molecule has 2 unspecified atom stereocenters. The first-order valence-corrected chi connectivity index (χ1v) is 5.84. The summed E-state index contributed by atoms with van der Waals surface area (Å²) in [6.45, 7) is 4.54. The first-order chi connectivity index (χ1) is 7.99. The Balaban J connectivity index is 2.42. The van der Waals surface area contributed by atoms with Gasteiger partial charge in [-0.3, -0.25) is 4.99 Å². The standard InChI is InChI=1S/C13H19N3O/c1-10-9-16(3)15-13(2,17)12(14-10)11-7-5-4-6-8-11/h4-8,10,15,17H,9H2,1-3H3. The maximum Gasteiger partial charge on any atom is 0.168 e. The molecule has 1 heterocycles. The first kappa shape index (κ1) is 12.2. The van der Waals surface area contributed by atoms with Gasteiger partial charge in [-0.15, -0.1) is 0 Å². The van der Waals surface area contributed by atoms with Crippen LogP contribution in [0.25, 0.3) is 0 Å². The topological polar surface area (TPSA) is 47.9 Å². The van der Waals surface area contributed by atoms with Gasteiger partial charge in [0.25, 0.3) is 0 Å². The SMILES string of the molecule is CC1CN(C)NC(C)(O)C(c2ccccc2)=N1. The number of aliphatic imine (C=N–C) groups is 1. The van der Waals surface area contributed by atoms with Crippen molar-refractivity contribution in [3.8, 4) is 0 Å². The fraction of sp³-hybridized carbons (Fsp3) is 0.462. The molecule has 92 valence electrons. The van der Waals surface area contributed by atoms with E-state index in [0.717, 1.165) is 12.1 Å². The summed E-state index contributed by atoms with van der Waals surface area (Å²) in [6, 6.07) is 9.94. The van der Waals surface area contributed by atoms with Crippen molar-refractivity contribution in [1.82, 2.24) is 10.4 Å². The van der Waals surface area contributed by atoms with Crippen LogP contribution in [0.2, 0.25) is 0 Å². The van der Waals surface area contributed by atoms with Gasteiger partial charge in [0.1, 0.15) is 0 Å². The third-order valence-corrected chi connectivity index (χ3v) is 2.80. The summed E-state index contributed by atoms with van der Waals surface area (Å²) in [5.74, 6) is 0. The average Bonchev–Trinajstić information content (AvgIpc) is 2.35. The highest BCUT2D eigenvalue weighted by atomic mass is 16.3. The number of aliphatic hydroxyl groups is 1. The summed E-state index contributed by atoms with van der Waals surface area (Å²) in [6.07, 6.45) is 0. The monoisotopic (exact) mass is 233 g/mol. The van der Waals surface area contributed by atoms with Crippen LogP contribution in [0.3, 0.4) is 0 Å². The van der Waals surface area contributed by atoms with Crippen molar-refractivity contribution in [1.29, 1.82) is 0 Å². The molecule has 1 aromatic carbocycles. The predicted octanol–water partition coefficient (Wildman–Crippen LogP) is 1.02. The molecule has 2 rings (SSSR count). The molecule has 4 heteroatoms. The fourth-order valence-corrected chi connectivity index (χ4v) is 2.21. The van der Waals surface area contributed by atoms with Gasteiger partial charge in [0.2, 0.25) is 0 Å². The average molecular weight is 233 g/mol. The number of likely N-dealkylation sites (N-methyl/N-ethyl adjacent to an activating group) is 1. The van der Waals surface area contributed by atoms with Crippen LogP contribution >= 0.6 is 0 Å². The van der Waals surface area contributed by atoms with Crippen molar-refractivity contribution in [2.24, 2.45) is 4.99 Å². The second-order valence-electron chi connectivity index (χ2n) is 4.76.